The van der Waals surface area contributed by atoms with Gasteiger partial charge < -0.3 is 14.4 Å². The molecule has 0 spiro atoms. The molecule has 0 saturated carbocycles. The average molecular weight is 407 g/mol. The number of hydrogen-bond acceptors (Lipinski definition) is 7. The Kier molecular flexibility index (Phi) is 5.76. The Morgan fingerprint density at radius 2 is 1.64 bits per heavy atom. The summed E-state index contributed by atoms with van der Waals surface area (Å²) in [6, 6.07) is 3.34. The fraction of sp³-hybridized carbons (Fsp3) is 0.474. The highest BCUT2D eigenvalue weighted by molar-refractivity contribution is 7.92. The van der Waals surface area contributed by atoms with Crippen molar-refractivity contribution in [3.63, 3.8) is 0 Å². The fourth-order valence-electron chi connectivity index (χ4n) is 3.21. The maximum atomic E-state index is 13.0. The molecule has 0 atom stereocenters. The summed E-state index contributed by atoms with van der Waals surface area (Å²) in [7, 11) is -2.23. The van der Waals surface area contributed by atoms with Crippen molar-refractivity contribution in [3.05, 3.63) is 34.6 Å². The van der Waals surface area contributed by atoms with Crippen molar-refractivity contribution >= 4 is 21.7 Å². The highest BCUT2D eigenvalue weighted by Crippen LogP contribution is 2.29. The van der Waals surface area contributed by atoms with Crippen molar-refractivity contribution in [2.75, 3.05) is 43.0 Å². The van der Waals surface area contributed by atoms with Gasteiger partial charge in [-0.2, -0.15) is 0 Å². The smallest absolute Gasteiger partial charge is 0.262 e. The lowest BCUT2D eigenvalue weighted by Crippen LogP contribution is -2.37. The number of sulfonamides is 1. The Labute approximate surface area is 166 Å². The molecular formula is C19H26N4O4S. The molecule has 0 aliphatic carbocycles. The zero-order chi connectivity index (χ0) is 20.5. The summed E-state index contributed by atoms with van der Waals surface area (Å²) < 4.78 is 39.4. The molecule has 28 heavy (non-hydrogen) atoms. The molecular weight excluding hydrogens is 380 g/mol. The van der Waals surface area contributed by atoms with Crippen LogP contribution in [0.4, 0.5) is 11.6 Å². The van der Waals surface area contributed by atoms with E-state index in [1.165, 1.54) is 0 Å². The first-order valence-corrected chi connectivity index (χ1v) is 10.6. The summed E-state index contributed by atoms with van der Waals surface area (Å²) in [4.78, 5) is 11.3. The molecule has 1 N–H and O–H groups in total. The number of rotatable bonds is 5. The number of nitrogens with one attached hydrogen (secondary N) is 1. The van der Waals surface area contributed by atoms with Gasteiger partial charge in [-0.25, -0.2) is 18.4 Å². The zero-order valence-corrected chi connectivity index (χ0v) is 17.7. The molecule has 3 rings (SSSR count). The largest absolute Gasteiger partial charge is 0.496 e. The Morgan fingerprint density at radius 1 is 1.04 bits per heavy atom. The molecule has 1 aromatic carbocycles. The molecule has 1 fully saturated rings. The van der Waals surface area contributed by atoms with Crippen LogP contribution in [0, 0.1) is 27.7 Å². The van der Waals surface area contributed by atoms with Crippen LogP contribution < -0.4 is 14.4 Å². The van der Waals surface area contributed by atoms with Crippen LogP contribution in [-0.4, -0.2) is 51.8 Å². The maximum Gasteiger partial charge on any atom is 0.262 e. The first kappa shape index (κ1) is 20.3. The van der Waals surface area contributed by atoms with E-state index in [0.29, 0.717) is 60.6 Å². The standard InChI is InChI=1S/C19H26N4O4S/c1-12-11-17(13(2)10-16(12)26-5)28(24,25)22-18-14(3)20-19(21-15(18)4)23-6-8-27-9-7-23/h10-11,22H,6-9H2,1-5H3. The van der Waals surface area contributed by atoms with Gasteiger partial charge in [0, 0.05) is 13.1 Å². The minimum absolute atomic E-state index is 0.210. The SMILES string of the molecule is COc1cc(C)c(S(=O)(=O)Nc2c(C)nc(N3CCOCC3)nc2C)cc1C. The topological polar surface area (TPSA) is 93.7 Å². The number of hydrogen-bond donors (Lipinski definition) is 1. The molecule has 152 valence electrons. The molecule has 8 nitrogen and oxygen atoms in total. The Balaban J connectivity index is 1.93. The number of morpholine rings is 1. The minimum atomic E-state index is -3.79. The third-order valence-electron chi connectivity index (χ3n) is 4.77. The predicted octanol–water partition coefficient (Wildman–Crippen LogP) is 2.36. The van der Waals surface area contributed by atoms with Gasteiger partial charge in [-0.05, 0) is 51.0 Å². The molecule has 0 unspecified atom stereocenters. The average Bonchev–Trinajstić information content (AvgIpc) is 2.66. The monoisotopic (exact) mass is 406 g/mol. The molecule has 0 radical (unpaired) electrons. The van der Waals surface area contributed by atoms with Gasteiger partial charge in [0.25, 0.3) is 10.0 Å². The van der Waals surface area contributed by atoms with E-state index in [1.807, 2.05) is 11.8 Å². The van der Waals surface area contributed by atoms with Crippen LogP contribution in [0.1, 0.15) is 22.5 Å². The summed E-state index contributed by atoms with van der Waals surface area (Å²) in [6.07, 6.45) is 0. The highest BCUT2D eigenvalue weighted by Gasteiger charge is 2.23. The third-order valence-corrected chi connectivity index (χ3v) is 6.26. The van der Waals surface area contributed by atoms with Gasteiger partial charge in [0.2, 0.25) is 5.95 Å². The molecule has 2 aromatic rings. The van der Waals surface area contributed by atoms with Gasteiger partial charge in [-0.3, -0.25) is 4.72 Å². The van der Waals surface area contributed by atoms with Crippen molar-refractivity contribution in [1.82, 2.24) is 9.97 Å². The number of ether oxygens (including phenoxy) is 2. The number of anilines is 2. The fourth-order valence-corrected chi connectivity index (χ4v) is 4.70. The quantitative estimate of drug-likeness (QED) is 0.815. The second kappa shape index (κ2) is 7.92. The zero-order valence-electron chi connectivity index (χ0n) is 16.9. The van der Waals surface area contributed by atoms with Gasteiger partial charge in [0.05, 0.1) is 42.3 Å². The summed E-state index contributed by atoms with van der Waals surface area (Å²) in [5, 5.41) is 0. The number of nitrogens with zero attached hydrogens (tertiary/aromatic N) is 3. The number of aryl methyl sites for hydroxylation is 4. The summed E-state index contributed by atoms with van der Waals surface area (Å²) in [5.74, 6) is 1.25. The molecule has 1 saturated heterocycles. The van der Waals surface area contributed by atoms with Crippen molar-refractivity contribution in [3.8, 4) is 5.75 Å². The lowest BCUT2D eigenvalue weighted by Gasteiger charge is -2.27. The molecule has 0 amide bonds. The molecule has 1 aromatic heterocycles. The van der Waals surface area contributed by atoms with Crippen molar-refractivity contribution in [1.29, 1.82) is 0 Å². The number of benzene rings is 1. The van der Waals surface area contributed by atoms with E-state index in [-0.39, 0.29) is 4.90 Å². The van der Waals surface area contributed by atoms with Crippen molar-refractivity contribution < 1.29 is 17.9 Å². The van der Waals surface area contributed by atoms with E-state index in [0.717, 1.165) is 5.56 Å². The van der Waals surface area contributed by atoms with E-state index in [2.05, 4.69) is 14.7 Å². The van der Waals surface area contributed by atoms with Crippen molar-refractivity contribution in [2.24, 2.45) is 0 Å². The summed E-state index contributed by atoms with van der Waals surface area (Å²) in [5.41, 5.74) is 2.93. The van der Waals surface area contributed by atoms with Crippen LogP contribution in [0.2, 0.25) is 0 Å². The van der Waals surface area contributed by atoms with E-state index in [4.69, 9.17) is 9.47 Å². The predicted molar refractivity (Wildman–Crippen MR) is 108 cm³/mol. The van der Waals surface area contributed by atoms with Crippen molar-refractivity contribution in [2.45, 2.75) is 32.6 Å². The van der Waals surface area contributed by atoms with Gasteiger partial charge in [0.15, 0.2) is 0 Å². The van der Waals surface area contributed by atoms with Crippen LogP contribution in [0.5, 0.6) is 5.75 Å². The normalized spacial score (nSPS) is 14.8. The van der Waals surface area contributed by atoms with Gasteiger partial charge in [0.1, 0.15) is 5.75 Å². The minimum Gasteiger partial charge on any atom is -0.496 e. The Hall–Kier alpha value is -2.39. The third kappa shape index (κ3) is 4.05. The molecule has 2 heterocycles. The lowest BCUT2D eigenvalue weighted by atomic mass is 10.1. The van der Waals surface area contributed by atoms with Gasteiger partial charge in [-0.1, -0.05) is 0 Å². The maximum absolute atomic E-state index is 13.0. The summed E-state index contributed by atoms with van der Waals surface area (Å²) in [6.45, 7) is 9.81. The Morgan fingerprint density at radius 3 is 2.21 bits per heavy atom. The lowest BCUT2D eigenvalue weighted by molar-refractivity contribution is 0.122. The van der Waals surface area contributed by atoms with E-state index < -0.39 is 10.0 Å². The molecule has 0 bridgehead atoms. The first-order chi connectivity index (χ1) is 13.2. The second-order valence-electron chi connectivity index (χ2n) is 6.86. The van der Waals surface area contributed by atoms with Crippen LogP contribution in [0.25, 0.3) is 0 Å². The number of aromatic nitrogens is 2. The van der Waals surface area contributed by atoms with Crippen LogP contribution in [0.3, 0.4) is 0 Å². The molecule has 9 heteroatoms. The summed E-state index contributed by atoms with van der Waals surface area (Å²) >= 11 is 0. The van der Waals surface area contributed by atoms with Crippen LogP contribution in [0.15, 0.2) is 17.0 Å². The van der Waals surface area contributed by atoms with E-state index in [9.17, 15) is 8.42 Å². The van der Waals surface area contributed by atoms with Crippen LogP contribution >= 0.6 is 0 Å². The van der Waals surface area contributed by atoms with Crippen LogP contribution in [-0.2, 0) is 14.8 Å². The molecule has 1 aliphatic rings. The van der Waals surface area contributed by atoms with Gasteiger partial charge in [-0.15, -0.1) is 0 Å². The Bertz CT molecular complexity index is 963. The van der Waals surface area contributed by atoms with E-state index in [1.54, 1.807) is 40.0 Å². The van der Waals surface area contributed by atoms with Gasteiger partial charge >= 0.3 is 0 Å². The number of methoxy groups -OCH3 is 1. The van der Waals surface area contributed by atoms with E-state index >= 15 is 0 Å². The molecule has 1 aliphatic heterocycles. The first-order valence-electron chi connectivity index (χ1n) is 9.09. The highest BCUT2D eigenvalue weighted by atomic mass is 32.2. The second-order valence-corrected chi connectivity index (χ2v) is 8.51.